The normalized spacial score (nSPS) is 17.8. The second-order valence-electron chi connectivity index (χ2n) is 5.77. The van der Waals surface area contributed by atoms with Gasteiger partial charge < -0.3 is 4.57 Å². The molecule has 3 heterocycles. The number of thiazole rings is 1. The standard InChI is InChI=1S/C15H22N4S/c1-11-12(2)20-15(17-11)13-4-6-19(7-5-13)9-14-8-18(3)10-16-14/h8,10,13H,4-7,9H2,1-3H3. The van der Waals surface area contributed by atoms with Gasteiger partial charge in [-0.1, -0.05) is 0 Å². The van der Waals surface area contributed by atoms with Crippen molar-refractivity contribution in [3.8, 4) is 0 Å². The van der Waals surface area contributed by atoms with Crippen LogP contribution in [-0.2, 0) is 13.6 Å². The van der Waals surface area contributed by atoms with Crippen LogP contribution in [0.5, 0.6) is 0 Å². The summed E-state index contributed by atoms with van der Waals surface area (Å²) in [4.78, 5) is 13.0. The molecule has 1 aliphatic rings. The number of nitrogens with zero attached hydrogens (tertiary/aromatic N) is 4. The monoisotopic (exact) mass is 290 g/mol. The number of aryl methyl sites for hydroxylation is 3. The smallest absolute Gasteiger partial charge is 0.0962 e. The first-order chi connectivity index (χ1) is 9.61. The first kappa shape index (κ1) is 13.8. The third-order valence-corrected chi connectivity index (χ3v) is 5.36. The molecule has 0 N–H and O–H groups in total. The van der Waals surface area contributed by atoms with E-state index in [9.17, 15) is 0 Å². The Morgan fingerprint density at radius 1 is 1.30 bits per heavy atom. The summed E-state index contributed by atoms with van der Waals surface area (Å²) in [7, 11) is 2.02. The van der Waals surface area contributed by atoms with Crippen molar-refractivity contribution in [1.82, 2.24) is 19.4 Å². The molecule has 1 aliphatic heterocycles. The van der Waals surface area contributed by atoms with Crippen molar-refractivity contribution in [2.45, 2.75) is 39.2 Å². The largest absolute Gasteiger partial charge is 0.340 e. The van der Waals surface area contributed by atoms with Crippen molar-refractivity contribution >= 4 is 11.3 Å². The molecule has 1 fully saturated rings. The molecule has 20 heavy (non-hydrogen) atoms. The Morgan fingerprint density at radius 2 is 2.05 bits per heavy atom. The lowest BCUT2D eigenvalue weighted by Crippen LogP contribution is -2.32. The van der Waals surface area contributed by atoms with Gasteiger partial charge in [0, 0.05) is 30.6 Å². The molecule has 4 nitrogen and oxygen atoms in total. The van der Waals surface area contributed by atoms with E-state index >= 15 is 0 Å². The molecule has 0 atom stereocenters. The van der Waals surface area contributed by atoms with E-state index in [1.807, 2.05) is 29.3 Å². The van der Waals surface area contributed by atoms with Crippen molar-refractivity contribution in [3.05, 3.63) is 33.8 Å². The molecule has 0 aliphatic carbocycles. The van der Waals surface area contributed by atoms with Gasteiger partial charge >= 0.3 is 0 Å². The van der Waals surface area contributed by atoms with Gasteiger partial charge in [0.1, 0.15) is 0 Å². The molecular formula is C15H22N4S. The molecule has 0 radical (unpaired) electrons. The molecule has 108 valence electrons. The molecule has 0 spiro atoms. The van der Waals surface area contributed by atoms with Crippen LogP contribution in [0.4, 0.5) is 0 Å². The van der Waals surface area contributed by atoms with Gasteiger partial charge in [-0.25, -0.2) is 9.97 Å². The van der Waals surface area contributed by atoms with Gasteiger partial charge in [-0.15, -0.1) is 11.3 Å². The molecule has 1 saturated heterocycles. The van der Waals surface area contributed by atoms with E-state index in [4.69, 9.17) is 4.98 Å². The topological polar surface area (TPSA) is 34.0 Å². The van der Waals surface area contributed by atoms with Crippen LogP contribution in [0.3, 0.4) is 0 Å². The second-order valence-corrected chi connectivity index (χ2v) is 7.01. The maximum Gasteiger partial charge on any atom is 0.0962 e. The van der Waals surface area contributed by atoms with E-state index in [0.717, 1.165) is 19.6 Å². The SMILES string of the molecule is Cc1nc(C2CCN(Cc3cn(C)cn3)CC2)sc1C. The third-order valence-electron chi connectivity index (χ3n) is 4.13. The lowest BCUT2D eigenvalue weighted by molar-refractivity contribution is 0.202. The fraction of sp³-hybridized carbons (Fsp3) is 0.600. The van der Waals surface area contributed by atoms with Crippen LogP contribution in [0.2, 0.25) is 0 Å². The summed E-state index contributed by atoms with van der Waals surface area (Å²) in [5.74, 6) is 0.660. The van der Waals surface area contributed by atoms with Crippen LogP contribution in [0, 0.1) is 13.8 Å². The van der Waals surface area contributed by atoms with Gasteiger partial charge in [-0.3, -0.25) is 4.90 Å². The zero-order chi connectivity index (χ0) is 14.1. The summed E-state index contributed by atoms with van der Waals surface area (Å²) in [6.07, 6.45) is 6.43. The van der Waals surface area contributed by atoms with Crippen molar-refractivity contribution in [3.63, 3.8) is 0 Å². The molecule has 2 aromatic heterocycles. The molecule has 0 aromatic carbocycles. The summed E-state index contributed by atoms with van der Waals surface area (Å²) in [6.45, 7) is 7.57. The minimum atomic E-state index is 0.660. The zero-order valence-corrected chi connectivity index (χ0v) is 13.3. The van der Waals surface area contributed by atoms with Crippen molar-refractivity contribution in [1.29, 1.82) is 0 Å². The summed E-state index contributed by atoms with van der Waals surface area (Å²) in [5, 5.41) is 1.34. The number of hydrogen-bond donors (Lipinski definition) is 0. The molecule has 0 bridgehead atoms. The van der Waals surface area contributed by atoms with E-state index < -0.39 is 0 Å². The minimum Gasteiger partial charge on any atom is -0.340 e. The highest BCUT2D eigenvalue weighted by atomic mass is 32.1. The van der Waals surface area contributed by atoms with E-state index in [1.54, 1.807) is 0 Å². The number of aromatic nitrogens is 3. The highest BCUT2D eigenvalue weighted by molar-refractivity contribution is 7.11. The van der Waals surface area contributed by atoms with Crippen LogP contribution >= 0.6 is 11.3 Å². The van der Waals surface area contributed by atoms with Gasteiger partial charge in [-0.05, 0) is 39.8 Å². The van der Waals surface area contributed by atoms with E-state index in [1.165, 1.54) is 34.1 Å². The maximum atomic E-state index is 4.73. The Kier molecular flexibility index (Phi) is 3.89. The van der Waals surface area contributed by atoms with Crippen LogP contribution in [-0.4, -0.2) is 32.5 Å². The van der Waals surface area contributed by atoms with Crippen LogP contribution in [0.1, 0.15) is 40.0 Å². The molecule has 5 heteroatoms. The van der Waals surface area contributed by atoms with Gasteiger partial charge in [0.05, 0.1) is 22.7 Å². The van der Waals surface area contributed by atoms with Gasteiger partial charge in [0.15, 0.2) is 0 Å². The predicted molar refractivity (Wildman–Crippen MR) is 82.0 cm³/mol. The quantitative estimate of drug-likeness (QED) is 0.871. The Morgan fingerprint density at radius 3 is 2.60 bits per heavy atom. The number of imidazole rings is 1. The Balaban J connectivity index is 1.56. The van der Waals surface area contributed by atoms with Gasteiger partial charge in [-0.2, -0.15) is 0 Å². The van der Waals surface area contributed by atoms with Gasteiger partial charge in [0.2, 0.25) is 0 Å². The number of hydrogen-bond acceptors (Lipinski definition) is 4. The summed E-state index contributed by atoms with van der Waals surface area (Å²) >= 11 is 1.88. The molecule has 3 rings (SSSR count). The number of likely N-dealkylation sites (tertiary alicyclic amines) is 1. The second kappa shape index (κ2) is 5.66. The molecule has 0 saturated carbocycles. The van der Waals surface area contributed by atoms with Gasteiger partial charge in [0.25, 0.3) is 0 Å². The summed E-state index contributed by atoms with van der Waals surface area (Å²) in [6, 6.07) is 0. The number of rotatable bonds is 3. The van der Waals surface area contributed by atoms with Crippen LogP contribution < -0.4 is 0 Å². The fourth-order valence-electron chi connectivity index (χ4n) is 2.79. The van der Waals surface area contributed by atoms with Crippen molar-refractivity contribution in [2.75, 3.05) is 13.1 Å². The molecule has 0 unspecified atom stereocenters. The number of piperidine rings is 1. The van der Waals surface area contributed by atoms with E-state index in [-0.39, 0.29) is 0 Å². The average Bonchev–Trinajstić information content (AvgIpc) is 2.98. The van der Waals surface area contributed by atoms with Crippen LogP contribution in [0.15, 0.2) is 12.5 Å². The van der Waals surface area contributed by atoms with E-state index in [0.29, 0.717) is 5.92 Å². The Hall–Kier alpha value is -1.20. The molecule has 2 aromatic rings. The fourth-order valence-corrected chi connectivity index (χ4v) is 3.88. The van der Waals surface area contributed by atoms with Crippen molar-refractivity contribution < 1.29 is 0 Å². The summed E-state index contributed by atoms with van der Waals surface area (Å²) in [5.41, 5.74) is 2.38. The highest BCUT2D eigenvalue weighted by Crippen LogP contribution is 2.32. The van der Waals surface area contributed by atoms with Crippen LogP contribution in [0.25, 0.3) is 0 Å². The minimum absolute atomic E-state index is 0.660. The lowest BCUT2D eigenvalue weighted by atomic mass is 9.97. The predicted octanol–water partition coefficient (Wildman–Crippen LogP) is 2.87. The zero-order valence-electron chi connectivity index (χ0n) is 12.5. The average molecular weight is 290 g/mol. The lowest BCUT2D eigenvalue weighted by Gasteiger charge is -2.30. The highest BCUT2D eigenvalue weighted by Gasteiger charge is 2.23. The third kappa shape index (κ3) is 2.94. The molecule has 0 amide bonds. The molecular weight excluding hydrogens is 268 g/mol. The van der Waals surface area contributed by atoms with Crippen molar-refractivity contribution in [2.24, 2.45) is 7.05 Å². The Bertz CT molecular complexity index is 559. The van der Waals surface area contributed by atoms with E-state index in [2.05, 4.69) is 29.9 Å². The maximum absolute atomic E-state index is 4.73. The Labute approximate surface area is 124 Å². The first-order valence-corrected chi connectivity index (χ1v) is 8.06. The summed E-state index contributed by atoms with van der Waals surface area (Å²) < 4.78 is 2.02. The first-order valence-electron chi connectivity index (χ1n) is 7.25.